The molecule has 1 rings (SSSR count). The Morgan fingerprint density at radius 1 is 1.44 bits per heavy atom. The third-order valence-corrected chi connectivity index (χ3v) is 2.27. The molecule has 0 spiro atoms. The Morgan fingerprint density at radius 3 is 2.69 bits per heavy atom. The summed E-state index contributed by atoms with van der Waals surface area (Å²) in [5.74, 6) is 1.03. The molecular formula is C11H21N3O2. The van der Waals surface area contributed by atoms with E-state index in [0.29, 0.717) is 24.9 Å². The smallest absolute Gasteiger partial charge is 0.252 e. The monoisotopic (exact) mass is 227 g/mol. The van der Waals surface area contributed by atoms with Crippen LogP contribution in [0.4, 0.5) is 0 Å². The first kappa shape index (κ1) is 13.1. The fraction of sp³-hybridized carbons (Fsp3) is 0.818. The van der Waals surface area contributed by atoms with Crippen molar-refractivity contribution in [3.8, 4) is 0 Å². The van der Waals surface area contributed by atoms with E-state index in [1.54, 1.807) is 0 Å². The van der Waals surface area contributed by atoms with Gasteiger partial charge in [-0.2, -0.15) is 4.98 Å². The van der Waals surface area contributed by atoms with E-state index >= 15 is 0 Å². The number of rotatable bonds is 5. The normalized spacial score (nSPS) is 14.1. The van der Waals surface area contributed by atoms with Gasteiger partial charge in [-0.25, -0.2) is 0 Å². The lowest BCUT2D eigenvalue weighted by atomic mass is 9.87. The van der Waals surface area contributed by atoms with Gasteiger partial charge in [0, 0.05) is 6.61 Å². The largest absolute Gasteiger partial charge is 0.372 e. The van der Waals surface area contributed by atoms with E-state index in [4.69, 9.17) is 15.0 Å². The van der Waals surface area contributed by atoms with E-state index in [1.165, 1.54) is 0 Å². The number of aromatic nitrogens is 2. The molecule has 0 fully saturated rings. The van der Waals surface area contributed by atoms with Crippen LogP contribution in [0.15, 0.2) is 4.52 Å². The van der Waals surface area contributed by atoms with Gasteiger partial charge >= 0.3 is 0 Å². The van der Waals surface area contributed by atoms with E-state index in [1.807, 2.05) is 20.8 Å². The van der Waals surface area contributed by atoms with E-state index in [-0.39, 0.29) is 11.5 Å². The summed E-state index contributed by atoms with van der Waals surface area (Å²) in [4.78, 5) is 4.22. The van der Waals surface area contributed by atoms with Crippen LogP contribution in [0.5, 0.6) is 0 Å². The summed E-state index contributed by atoms with van der Waals surface area (Å²) in [5.41, 5.74) is 5.94. The molecule has 0 aliphatic rings. The van der Waals surface area contributed by atoms with Gasteiger partial charge in [0.2, 0.25) is 0 Å². The van der Waals surface area contributed by atoms with Crippen molar-refractivity contribution in [2.24, 2.45) is 11.1 Å². The lowest BCUT2D eigenvalue weighted by Crippen LogP contribution is -2.27. The lowest BCUT2D eigenvalue weighted by Gasteiger charge is -2.23. The predicted octanol–water partition coefficient (Wildman–Crippen LogP) is 2.04. The Balaban J connectivity index is 2.57. The van der Waals surface area contributed by atoms with Gasteiger partial charge in [-0.1, -0.05) is 32.9 Å². The van der Waals surface area contributed by atoms with E-state index in [0.717, 1.165) is 6.42 Å². The Morgan fingerprint density at radius 2 is 2.12 bits per heavy atom. The van der Waals surface area contributed by atoms with Crippen LogP contribution in [-0.2, 0) is 11.3 Å². The average Bonchev–Trinajstić information content (AvgIpc) is 2.64. The van der Waals surface area contributed by atoms with Crippen LogP contribution in [-0.4, -0.2) is 16.7 Å². The quantitative estimate of drug-likeness (QED) is 0.779. The zero-order chi connectivity index (χ0) is 12.2. The van der Waals surface area contributed by atoms with Crippen molar-refractivity contribution < 1.29 is 9.26 Å². The topological polar surface area (TPSA) is 74.2 Å². The van der Waals surface area contributed by atoms with Crippen LogP contribution in [0.1, 0.15) is 51.9 Å². The first-order chi connectivity index (χ1) is 7.45. The summed E-state index contributed by atoms with van der Waals surface area (Å²) in [6.07, 6.45) is 0.975. The number of hydrogen-bond donors (Lipinski definition) is 1. The maximum absolute atomic E-state index is 6.01. The van der Waals surface area contributed by atoms with Crippen molar-refractivity contribution >= 4 is 0 Å². The lowest BCUT2D eigenvalue weighted by molar-refractivity contribution is 0.0981. The zero-order valence-electron chi connectivity index (χ0n) is 10.5. The second-order valence-electron chi connectivity index (χ2n) is 4.94. The van der Waals surface area contributed by atoms with Crippen molar-refractivity contribution in [1.29, 1.82) is 0 Å². The fourth-order valence-corrected chi connectivity index (χ4v) is 1.14. The molecule has 1 unspecified atom stereocenters. The van der Waals surface area contributed by atoms with Gasteiger partial charge < -0.3 is 15.0 Å². The Labute approximate surface area is 96.4 Å². The minimum absolute atomic E-state index is 0.0780. The van der Waals surface area contributed by atoms with Gasteiger partial charge in [-0.15, -0.1) is 0 Å². The summed E-state index contributed by atoms with van der Waals surface area (Å²) in [6, 6.07) is -0.226. The molecular weight excluding hydrogens is 206 g/mol. The van der Waals surface area contributed by atoms with Crippen LogP contribution in [0.3, 0.4) is 0 Å². The molecule has 0 bridgehead atoms. The fourth-order valence-electron chi connectivity index (χ4n) is 1.14. The second-order valence-corrected chi connectivity index (χ2v) is 4.94. The summed E-state index contributed by atoms with van der Waals surface area (Å²) >= 11 is 0. The number of nitrogens with two attached hydrogens (primary N) is 1. The van der Waals surface area contributed by atoms with Crippen LogP contribution in [0, 0.1) is 5.41 Å². The molecule has 0 aromatic carbocycles. The molecule has 1 heterocycles. The van der Waals surface area contributed by atoms with Crippen molar-refractivity contribution in [3.63, 3.8) is 0 Å². The molecule has 5 nitrogen and oxygen atoms in total. The molecule has 1 aromatic heterocycles. The number of ether oxygens (including phenoxy) is 1. The molecule has 0 radical (unpaired) electrons. The maximum atomic E-state index is 6.01. The molecule has 1 aromatic rings. The molecule has 0 saturated heterocycles. The summed E-state index contributed by atoms with van der Waals surface area (Å²) < 4.78 is 10.4. The molecule has 0 aliphatic carbocycles. The average molecular weight is 227 g/mol. The highest BCUT2D eigenvalue weighted by Gasteiger charge is 2.26. The Hall–Kier alpha value is -0.940. The van der Waals surface area contributed by atoms with Crippen LogP contribution >= 0.6 is 0 Å². The maximum Gasteiger partial charge on any atom is 0.252 e. The predicted molar refractivity (Wildman–Crippen MR) is 60.6 cm³/mol. The molecule has 0 aliphatic heterocycles. The molecule has 2 N–H and O–H groups in total. The van der Waals surface area contributed by atoms with Gasteiger partial charge in [-0.05, 0) is 11.8 Å². The number of nitrogens with zero attached hydrogens (tertiary/aromatic N) is 2. The first-order valence-electron chi connectivity index (χ1n) is 5.61. The SMILES string of the molecule is CCCOCc1nc(C(N)C(C)(C)C)no1. The minimum Gasteiger partial charge on any atom is -0.372 e. The Bertz CT molecular complexity index is 317. The van der Waals surface area contributed by atoms with Crippen molar-refractivity contribution in [3.05, 3.63) is 11.7 Å². The molecule has 92 valence electrons. The zero-order valence-corrected chi connectivity index (χ0v) is 10.5. The van der Waals surface area contributed by atoms with Crippen molar-refractivity contribution in [1.82, 2.24) is 10.1 Å². The molecule has 0 amide bonds. The third kappa shape index (κ3) is 3.57. The van der Waals surface area contributed by atoms with Gasteiger partial charge in [0.1, 0.15) is 6.61 Å². The summed E-state index contributed by atoms with van der Waals surface area (Å²) in [5, 5.41) is 3.87. The van der Waals surface area contributed by atoms with Crippen LogP contribution < -0.4 is 5.73 Å². The third-order valence-electron chi connectivity index (χ3n) is 2.27. The van der Waals surface area contributed by atoms with Gasteiger partial charge in [0.05, 0.1) is 6.04 Å². The van der Waals surface area contributed by atoms with E-state index in [2.05, 4.69) is 17.1 Å². The first-order valence-corrected chi connectivity index (χ1v) is 5.61. The van der Waals surface area contributed by atoms with Crippen LogP contribution in [0.25, 0.3) is 0 Å². The summed E-state index contributed by atoms with van der Waals surface area (Å²) in [6.45, 7) is 9.24. The van der Waals surface area contributed by atoms with E-state index in [9.17, 15) is 0 Å². The van der Waals surface area contributed by atoms with Gasteiger partial charge in [0.15, 0.2) is 5.82 Å². The Kier molecular flexibility index (Phi) is 4.44. The molecule has 5 heteroatoms. The van der Waals surface area contributed by atoms with Crippen molar-refractivity contribution in [2.45, 2.75) is 46.8 Å². The molecule has 0 saturated carbocycles. The highest BCUT2D eigenvalue weighted by Crippen LogP contribution is 2.28. The second kappa shape index (κ2) is 5.41. The van der Waals surface area contributed by atoms with Crippen LogP contribution in [0.2, 0.25) is 0 Å². The summed E-state index contributed by atoms with van der Waals surface area (Å²) in [7, 11) is 0. The van der Waals surface area contributed by atoms with Gasteiger partial charge in [-0.3, -0.25) is 0 Å². The minimum atomic E-state index is -0.226. The standard InChI is InChI=1S/C11H21N3O2/c1-5-6-15-7-8-13-10(14-16-8)9(12)11(2,3)4/h9H,5-7,12H2,1-4H3. The molecule has 16 heavy (non-hydrogen) atoms. The van der Waals surface area contributed by atoms with Gasteiger partial charge in [0.25, 0.3) is 5.89 Å². The van der Waals surface area contributed by atoms with Crippen molar-refractivity contribution in [2.75, 3.05) is 6.61 Å². The van der Waals surface area contributed by atoms with E-state index < -0.39 is 0 Å². The molecule has 1 atom stereocenters. The number of hydrogen-bond acceptors (Lipinski definition) is 5. The highest BCUT2D eigenvalue weighted by molar-refractivity contribution is 4.97. The highest BCUT2D eigenvalue weighted by atomic mass is 16.5.